The molecule has 0 amide bonds. The molecule has 0 radical (unpaired) electrons. The lowest BCUT2D eigenvalue weighted by molar-refractivity contribution is -0.132. The maximum Gasteiger partial charge on any atom is 0.363 e. The Morgan fingerprint density at radius 3 is 2.41 bits per heavy atom. The van der Waals surface area contributed by atoms with Gasteiger partial charge in [0.25, 0.3) is 0 Å². The highest BCUT2D eigenvalue weighted by molar-refractivity contribution is 6.12. The van der Waals surface area contributed by atoms with E-state index >= 15 is 0 Å². The molecule has 2 aromatic carbocycles. The summed E-state index contributed by atoms with van der Waals surface area (Å²) in [5, 5.41) is 0. The SMILES string of the molecule is COc1ccc(C2=N/C(=C\c3ccc(OC(C)=O)c(OC)c3)C(=O)O2)cc1. The fourth-order valence-corrected chi connectivity index (χ4v) is 2.44. The number of ether oxygens (including phenoxy) is 4. The van der Waals surface area contributed by atoms with Gasteiger partial charge in [0.05, 0.1) is 14.2 Å². The zero-order valence-corrected chi connectivity index (χ0v) is 15.0. The fourth-order valence-electron chi connectivity index (χ4n) is 2.44. The van der Waals surface area contributed by atoms with Crippen LogP contribution >= 0.6 is 0 Å². The molecule has 7 heteroatoms. The molecule has 7 nitrogen and oxygen atoms in total. The second kappa shape index (κ2) is 7.74. The van der Waals surface area contributed by atoms with E-state index in [9.17, 15) is 9.59 Å². The van der Waals surface area contributed by atoms with Gasteiger partial charge >= 0.3 is 11.9 Å². The molecule has 0 spiro atoms. The van der Waals surface area contributed by atoms with Gasteiger partial charge in [0, 0.05) is 12.5 Å². The first-order valence-corrected chi connectivity index (χ1v) is 8.03. The van der Waals surface area contributed by atoms with Crippen molar-refractivity contribution in [1.29, 1.82) is 0 Å². The first kappa shape index (κ1) is 18.2. The molecule has 0 aromatic heterocycles. The second-order valence-electron chi connectivity index (χ2n) is 5.57. The summed E-state index contributed by atoms with van der Waals surface area (Å²) in [6.07, 6.45) is 1.57. The summed E-state index contributed by atoms with van der Waals surface area (Å²) in [6, 6.07) is 11.9. The third-order valence-electron chi connectivity index (χ3n) is 3.70. The summed E-state index contributed by atoms with van der Waals surface area (Å²) in [7, 11) is 3.03. The molecule has 0 atom stereocenters. The first-order chi connectivity index (χ1) is 13.0. The Kier molecular flexibility index (Phi) is 5.21. The van der Waals surface area contributed by atoms with E-state index < -0.39 is 11.9 Å². The normalized spacial score (nSPS) is 14.6. The summed E-state index contributed by atoms with van der Waals surface area (Å²) in [5.74, 6) is 0.571. The molecule has 27 heavy (non-hydrogen) atoms. The van der Waals surface area contributed by atoms with Crippen LogP contribution in [0.15, 0.2) is 53.2 Å². The summed E-state index contributed by atoms with van der Waals surface area (Å²) in [4.78, 5) is 27.5. The molecule has 1 heterocycles. The standard InChI is InChI=1S/C20H17NO6/c1-12(22)26-17-9-4-13(11-18(17)25-3)10-16-20(23)27-19(21-16)14-5-7-15(24-2)8-6-14/h4-11H,1-3H3/b16-10-. The van der Waals surface area contributed by atoms with Gasteiger partial charge in [-0.15, -0.1) is 0 Å². The molecule has 0 saturated carbocycles. The number of esters is 2. The summed E-state index contributed by atoms with van der Waals surface area (Å²) in [5.41, 5.74) is 1.47. The predicted molar refractivity (Wildman–Crippen MR) is 97.9 cm³/mol. The number of rotatable bonds is 5. The molecule has 0 aliphatic carbocycles. The van der Waals surface area contributed by atoms with Crippen LogP contribution in [0.4, 0.5) is 0 Å². The maximum atomic E-state index is 12.1. The molecule has 0 N–H and O–H groups in total. The third-order valence-corrected chi connectivity index (χ3v) is 3.70. The van der Waals surface area contributed by atoms with Crippen LogP contribution in [0.5, 0.6) is 17.2 Å². The van der Waals surface area contributed by atoms with Gasteiger partial charge in [-0.1, -0.05) is 6.07 Å². The third kappa shape index (κ3) is 4.14. The van der Waals surface area contributed by atoms with E-state index in [1.165, 1.54) is 14.0 Å². The summed E-state index contributed by atoms with van der Waals surface area (Å²) < 4.78 is 20.6. The Labute approximate surface area is 155 Å². The van der Waals surface area contributed by atoms with Gasteiger partial charge < -0.3 is 18.9 Å². The Morgan fingerprint density at radius 1 is 1.04 bits per heavy atom. The molecule has 0 unspecified atom stereocenters. The molecular weight excluding hydrogens is 350 g/mol. The van der Waals surface area contributed by atoms with E-state index in [4.69, 9.17) is 18.9 Å². The van der Waals surface area contributed by atoms with Crippen molar-refractivity contribution in [1.82, 2.24) is 0 Å². The van der Waals surface area contributed by atoms with Crippen LogP contribution in [-0.4, -0.2) is 32.1 Å². The largest absolute Gasteiger partial charge is 0.497 e. The van der Waals surface area contributed by atoms with Crippen LogP contribution < -0.4 is 14.2 Å². The van der Waals surface area contributed by atoms with Crippen molar-refractivity contribution < 1.29 is 28.5 Å². The highest BCUT2D eigenvalue weighted by Gasteiger charge is 2.24. The number of hydrogen-bond acceptors (Lipinski definition) is 7. The average Bonchev–Trinajstić information content (AvgIpc) is 3.03. The topological polar surface area (TPSA) is 83.4 Å². The van der Waals surface area contributed by atoms with Gasteiger partial charge in [-0.25, -0.2) is 9.79 Å². The van der Waals surface area contributed by atoms with E-state index in [-0.39, 0.29) is 11.6 Å². The minimum absolute atomic E-state index is 0.156. The minimum atomic E-state index is -0.552. The monoisotopic (exact) mass is 367 g/mol. The minimum Gasteiger partial charge on any atom is -0.497 e. The maximum absolute atomic E-state index is 12.1. The molecule has 0 saturated heterocycles. The zero-order chi connectivity index (χ0) is 19.4. The molecule has 3 rings (SSSR count). The summed E-state index contributed by atoms with van der Waals surface area (Å²) in [6.45, 7) is 1.30. The number of cyclic esters (lactones) is 1. The number of carbonyl (C=O) groups is 2. The number of carbonyl (C=O) groups excluding carboxylic acids is 2. The highest BCUT2D eigenvalue weighted by Crippen LogP contribution is 2.30. The number of benzene rings is 2. The smallest absolute Gasteiger partial charge is 0.363 e. The van der Waals surface area contributed by atoms with Crippen LogP contribution in [-0.2, 0) is 14.3 Å². The van der Waals surface area contributed by atoms with Crippen LogP contribution in [0.25, 0.3) is 6.08 Å². The predicted octanol–water partition coefficient (Wildman–Crippen LogP) is 2.97. The van der Waals surface area contributed by atoms with E-state index in [0.29, 0.717) is 28.4 Å². The quantitative estimate of drug-likeness (QED) is 0.459. The van der Waals surface area contributed by atoms with Crippen molar-refractivity contribution in [2.45, 2.75) is 6.92 Å². The molecule has 2 aromatic rings. The Balaban J connectivity index is 1.88. The van der Waals surface area contributed by atoms with Gasteiger partial charge in [-0.3, -0.25) is 4.79 Å². The summed E-state index contributed by atoms with van der Waals surface area (Å²) >= 11 is 0. The van der Waals surface area contributed by atoms with Crippen LogP contribution in [0, 0.1) is 0 Å². The molecule has 0 bridgehead atoms. The van der Waals surface area contributed by atoms with E-state index in [1.807, 2.05) is 0 Å². The molecule has 138 valence electrons. The highest BCUT2D eigenvalue weighted by atomic mass is 16.6. The van der Waals surface area contributed by atoms with Crippen molar-refractivity contribution in [2.24, 2.45) is 4.99 Å². The number of hydrogen-bond donors (Lipinski definition) is 0. The van der Waals surface area contributed by atoms with Crippen molar-refractivity contribution in [3.63, 3.8) is 0 Å². The molecule has 1 aliphatic heterocycles. The van der Waals surface area contributed by atoms with Crippen molar-refractivity contribution in [3.8, 4) is 17.2 Å². The fraction of sp³-hybridized carbons (Fsp3) is 0.150. The molecule has 0 fully saturated rings. The number of aliphatic imine (C=N–C) groups is 1. The van der Waals surface area contributed by atoms with Crippen molar-refractivity contribution in [2.75, 3.05) is 14.2 Å². The van der Waals surface area contributed by atoms with Gasteiger partial charge in [-0.2, -0.15) is 0 Å². The number of methoxy groups -OCH3 is 2. The Hall–Kier alpha value is -3.61. The van der Waals surface area contributed by atoms with Gasteiger partial charge in [0.2, 0.25) is 5.90 Å². The second-order valence-corrected chi connectivity index (χ2v) is 5.57. The van der Waals surface area contributed by atoms with Crippen LogP contribution in [0.3, 0.4) is 0 Å². The Morgan fingerprint density at radius 2 is 1.78 bits per heavy atom. The van der Waals surface area contributed by atoms with Crippen molar-refractivity contribution >= 4 is 23.9 Å². The Bertz CT molecular complexity index is 943. The van der Waals surface area contributed by atoms with Gasteiger partial charge in [0.15, 0.2) is 17.2 Å². The number of nitrogens with zero attached hydrogens (tertiary/aromatic N) is 1. The average molecular weight is 367 g/mol. The van der Waals surface area contributed by atoms with Crippen LogP contribution in [0.2, 0.25) is 0 Å². The van der Waals surface area contributed by atoms with E-state index in [0.717, 1.165) is 0 Å². The lowest BCUT2D eigenvalue weighted by Gasteiger charge is -2.08. The van der Waals surface area contributed by atoms with Gasteiger partial charge in [0.1, 0.15) is 5.75 Å². The van der Waals surface area contributed by atoms with Crippen molar-refractivity contribution in [3.05, 3.63) is 59.3 Å². The van der Waals surface area contributed by atoms with E-state index in [1.54, 1.807) is 55.7 Å². The van der Waals surface area contributed by atoms with Gasteiger partial charge in [-0.05, 0) is 48.0 Å². The molecule has 1 aliphatic rings. The van der Waals surface area contributed by atoms with Crippen LogP contribution in [0.1, 0.15) is 18.1 Å². The lowest BCUT2D eigenvalue weighted by Crippen LogP contribution is -2.05. The lowest BCUT2D eigenvalue weighted by atomic mass is 10.1. The van der Waals surface area contributed by atoms with E-state index in [2.05, 4.69) is 4.99 Å². The zero-order valence-electron chi connectivity index (χ0n) is 15.0. The first-order valence-electron chi connectivity index (χ1n) is 8.03. The molecular formula is C20H17NO6.